The van der Waals surface area contributed by atoms with Gasteiger partial charge in [-0.05, 0) is 23.8 Å². The van der Waals surface area contributed by atoms with E-state index in [0.717, 1.165) is 0 Å². The standard InChI is InChI=1S/C18H18FN3O4.ClH/c19-14-4-1-3-13(9-14)17-11-20-7-8-21(17)18(23)12-26-16-6-2-5-15(10-16)22(24)25;/h1-6,9-10,17,20H,7-8,11-12H2;1H. The number of nitro benzene ring substituents is 1. The maximum absolute atomic E-state index is 13.5. The van der Waals surface area contributed by atoms with Gasteiger partial charge in [-0.1, -0.05) is 18.2 Å². The number of nitrogens with one attached hydrogen (secondary N) is 1. The van der Waals surface area contributed by atoms with Crippen LogP contribution in [-0.2, 0) is 4.79 Å². The van der Waals surface area contributed by atoms with Crippen molar-refractivity contribution in [3.63, 3.8) is 0 Å². The van der Waals surface area contributed by atoms with E-state index in [0.29, 0.717) is 25.2 Å². The van der Waals surface area contributed by atoms with E-state index in [4.69, 9.17) is 4.74 Å². The van der Waals surface area contributed by atoms with Gasteiger partial charge in [-0.15, -0.1) is 12.4 Å². The highest BCUT2D eigenvalue weighted by molar-refractivity contribution is 5.85. The summed E-state index contributed by atoms with van der Waals surface area (Å²) in [5.41, 5.74) is 0.607. The summed E-state index contributed by atoms with van der Waals surface area (Å²) < 4.78 is 18.9. The summed E-state index contributed by atoms with van der Waals surface area (Å²) >= 11 is 0. The van der Waals surface area contributed by atoms with Crippen LogP contribution in [-0.4, -0.2) is 42.0 Å². The van der Waals surface area contributed by atoms with E-state index < -0.39 is 4.92 Å². The number of amides is 1. The van der Waals surface area contributed by atoms with Crippen LogP contribution in [0.5, 0.6) is 5.75 Å². The Balaban J connectivity index is 0.00000261. The molecule has 1 unspecified atom stereocenters. The van der Waals surface area contributed by atoms with Gasteiger partial charge in [0, 0.05) is 25.7 Å². The number of carbonyl (C=O) groups is 1. The van der Waals surface area contributed by atoms with Gasteiger partial charge in [0.1, 0.15) is 11.6 Å². The van der Waals surface area contributed by atoms with Crippen molar-refractivity contribution in [1.82, 2.24) is 10.2 Å². The topological polar surface area (TPSA) is 84.7 Å². The minimum absolute atomic E-state index is 0. The molecule has 0 bridgehead atoms. The summed E-state index contributed by atoms with van der Waals surface area (Å²) in [5, 5.41) is 14.0. The molecule has 0 spiro atoms. The molecule has 0 aliphatic carbocycles. The van der Waals surface area contributed by atoms with Crippen LogP contribution >= 0.6 is 12.4 Å². The Labute approximate surface area is 161 Å². The number of hydrogen-bond acceptors (Lipinski definition) is 5. The molecule has 9 heteroatoms. The third-order valence-corrected chi connectivity index (χ3v) is 4.19. The Kier molecular flexibility index (Phi) is 7.09. The lowest BCUT2D eigenvalue weighted by Gasteiger charge is -2.36. The number of piperazine rings is 1. The highest BCUT2D eigenvalue weighted by Gasteiger charge is 2.28. The molecule has 144 valence electrons. The summed E-state index contributed by atoms with van der Waals surface area (Å²) in [5.74, 6) is -0.356. The Hall–Kier alpha value is -2.71. The van der Waals surface area contributed by atoms with Crippen LogP contribution in [0.15, 0.2) is 48.5 Å². The third-order valence-electron chi connectivity index (χ3n) is 4.19. The molecule has 1 N–H and O–H groups in total. The number of halogens is 2. The first-order valence-electron chi connectivity index (χ1n) is 8.17. The van der Waals surface area contributed by atoms with Gasteiger partial charge in [0.15, 0.2) is 6.61 Å². The van der Waals surface area contributed by atoms with Crippen LogP contribution in [0.1, 0.15) is 11.6 Å². The number of nitrogens with zero attached hydrogens (tertiary/aromatic N) is 2. The van der Waals surface area contributed by atoms with Crippen molar-refractivity contribution in [1.29, 1.82) is 0 Å². The molecule has 0 radical (unpaired) electrons. The average Bonchev–Trinajstić information content (AvgIpc) is 2.66. The highest BCUT2D eigenvalue weighted by Crippen LogP contribution is 2.24. The molecule has 1 saturated heterocycles. The molecular formula is C18H19ClFN3O4. The van der Waals surface area contributed by atoms with Crippen LogP contribution in [0, 0.1) is 15.9 Å². The zero-order valence-corrected chi connectivity index (χ0v) is 15.2. The quantitative estimate of drug-likeness (QED) is 0.621. The Morgan fingerprint density at radius 2 is 2.07 bits per heavy atom. The molecule has 1 fully saturated rings. The zero-order valence-electron chi connectivity index (χ0n) is 14.3. The molecule has 7 nitrogen and oxygen atoms in total. The Morgan fingerprint density at radius 1 is 1.30 bits per heavy atom. The molecule has 1 aliphatic heterocycles. The number of nitro groups is 1. The van der Waals surface area contributed by atoms with E-state index >= 15 is 0 Å². The van der Waals surface area contributed by atoms with Crippen molar-refractivity contribution in [2.45, 2.75) is 6.04 Å². The second-order valence-corrected chi connectivity index (χ2v) is 5.91. The van der Waals surface area contributed by atoms with Gasteiger partial charge in [0.25, 0.3) is 11.6 Å². The summed E-state index contributed by atoms with van der Waals surface area (Å²) in [6.45, 7) is 1.38. The van der Waals surface area contributed by atoms with Crippen LogP contribution in [0.4, 0.5) is 10.1 Å². The SMILES string of the molecule is Cl.O=C(COc1cccc([N+](=O)[O-])c1)N1CCNCC1c1cccc(F)c1. The van der Waals surface area contributed by atoms with Crippen molar-refractivity contribution in [2.24, 2.45) is 0 Å². The molecule has 1 heterocycles. The van der Waals surface area contributed by atoms with E-state index in [1.807, 2.05) is 0 Å². The number of carbonyl (C=O) groups excluding carboxylic acids is 1. The smallest absolute Gasteiger partial charge is 0.273 e. The van der Waals surface area contributed by atoms with Gasteiger partial charge in [-0.25, -0.2) is 4.39 Å². The van der Waals surface area contributed by atoms with Crippen molar-refractivity contribution < 1.29 is 18.8 Å². The van der Waals surface area contributed by atoms with Crippen LogP contribution in [0.2, 0.25) is 0 Å². The molecule has 2 aromatic rings. The zero-order chi connectivity index (χ0) is 18.5. The van der Waals surface area contributed by atoms with E-state index in [1.165, 1.54) is 30.3 Å². The molecule has 1 aliphatic rings. The summed E-state index contributed by atoms with van der Waals surface area (Å²) in [6.07, 6.45) is 0. The van der Waals surface area contributed by atoms with E-state index in [-0.39, 0.29) is 48.2 Å². The first-order chi connectivity index (χ1) is 12.5. The number of rotatable bonds is 5. The molecule has 27 heavy (non-hydrogen) atoms. The number of benzene rings is 2. The minimum atomic E-state index is -0.523. The first kappa shape index (κ1) is 20.6. The molecule has 0 saturated carbocycles. The van der Waals surface area contributed by atoms with Crippen molar-refractivity contribution in [3.05, 3.63) is 70.0 Å². The van der Waals surface area contributed by atoms with Crippen molar-refractivity contribution in [2.75, 3.05) is 26.2 Å². The predicted molar refractivity (Wildman–Crippen MR) is 99.6 cm³/mol. The predicted octanol–water partition coefficient (Wildman–Crippen LogP) is 2.71. The van der Waals surface area contributed by atoms with E-state index in [2.05, 4.69) is 5.32 Å². The fourth-order valence-electron chi connectivity index (χ4n) is 2.93. The second-order valence-electron chi connectivity index (χ2n) is 5.91. The van der Waals surface area contributed by atoms with Gasteiger partial charge >= 0.3 is 0 Å². The van der Waals surface area contributed by atoms with Gasteiger partial charge in [-0.2, -0.15) is 0 Å². The summed E-state index contributed by atoms with van der Waals surface area (Å²) in [4.78, 5) is 24.5. The van der Waals surface area contributed by atoms with Crippen molar-refractivity contribution >= 4 is 24.0 Å². The molecule has 1 amide bonds. The number of hydrogen-bond donors (Lipinski definition) is 1. The third kappa shape index (κ3) is 5.15. The van der Waals surface area contributed by atoms with Crippen LogP contribution < -0.4 is 10.1 Å². The van der Waals surface area contributed by atoms with Crippen LogP contribution in [0.25, 0.3) is 0 Å². The summed E-state index contributed by atoms with van der Waals surface area (Å²) in [7, 11) is 0. The minimum Gasteiger partial charge on any atom is -0.484 e. The maximum atomic E-state index is 13.5. The fourth-order valence-corrected chi connectivity index (χ4v) is 2.93. The highest BCUT2D eigenvalue weighted by atomic mass is 35.5. The number of ether oxygens (including phenoxy) is 1. The molecule has 0 aromatic heterocycles. The van der Waals surface area contributed by atoms with Crippen LogP contribution in [0.3, 0.4) is 0 Å². The Morgan fingerprint density at radius 3 is 2.81 bits per heavy atom. The fraction of sp³-hybridized carbons (Fsp3) is 0.278. The van der Waals surface area contributed by atoms with Gasteiger partial charge in [-0.3, -0.25) is 14.9 Å². The summed E-state index contributed by atoms with van der Waals surface area (Å²) in [6, 6.07) is 11.6. The van der Waals surface area contributed by atoms with Gasteiger partial charge < -0.3 is 15.0 Å². The lowest BCUT2D eigenvalue weighted by Crippen LogP contribution is -2.50. The lowest BCUT2D eigenvalue weighted by atomic mass is 10.0. The molecule has 1 atom stereocenters. The molecule has 2 aromatic carbocycles. The van der Waals surface area contributed by atoms with E-state index in [1.54, 1.807) is 23.1 Å². The van der Waals surface area contributed by atoms with E-state index in [9.17, 15) is 19.3 Å². The first-order valence-corrected chi connectivity index (χ1v) is 8.17. The average molecular weight is 396 g/mol. The van der Waals surface area contributed by atoms with Gasteiger partial charge in [0.05, 0.1) is 17.0 Å². The normalized spacial score (nSPS) is 16.3. The van der Waals surface area contributed by atoms with Gasteiger partial charge in [0.2, 0.25) is 0 Å². The Bertz CT molecular complexity index is 821. The van der Waals surface area contributed by atoms with Crippen molar-refractivity contribution in [3.8, 4) is 5.75 Å². The monoisotopic (exact) mass is 395 g/mol. The second kappa shape index (κ2) is 9.29. The lowest BCUT2D eigenvalue weighted by molar-refractivity contribution is -0.384. The number of non-ortho nitro benzene ring substituents is 1. The molecule has 3 rings (SSSR count). The largest absolute Gasteiger partial charge is 0.484 e. The maximum Gasteiger partial charge on any atom is 0.273 e. The molecular weight excluding hydrogens is 377 g/mol.